The fourth-order valence-electron chi connectivity index (χ4n) is 3.78. The summed E-state index contributed by atoms with van der Waals surface area (Å²) in [6, 6.07) is 6.44. The molecule has 2 atom stereocenters. The number of alkyl halides is 1. The molecule has 0 saturated carbocycles. The second-order valence-corrected chi connectivity index (χ2v) is 11.3. The molecule has 7 nitrogen and oxygen atoms in total. The molecule has 0 radical (unpaired) electrons. The van der Waals surface area contributed by atoms with Gasteiger partial charge in [0.2, 0.25) is 0 Å². The van der Waals surface area contributed by atoms with Gasteiger partial charge in [0.25, 0.3) is 0 Å². The van der Waals surface area contributed by atoms with Gasteiger partial charge in [0.1, 0.15) is 27.5 Å². The number of nitrogens with zero attached hydrogens (tertiary/aromatic N) is 4. The molecule has 0 N–H and O–H groups in total. The molecule has 1 aromatic carbocycles. The van der Waals surface area contributed by atoms with E-state index >= 15 is 4.39 Å². The molecule has 0 spiro atoms. The van der Waals surface area contributed by atoms with E-state index in [2.05, 4.69) is 9.82 Å². The van der Waals surface area contributed by atoms with E-state index in [0.29, 0.717) is 5.56 Å². The molecule has 3 aromatic rings. The van der Waals surface area contributed by atoms with E-state index in [9.17, 15) is 22.0 Å². The Balaban J connectivity index is 0.00000324. The van der Waals surface area contributed by atoms with Gasteiger partial charge in [-0.3, -0.25) is 0 Å². The quantitative estimate of drug-likeness (QED) is 0.506. The van der Waals surface area contributed by atoms with Crippen molar-refractivity contribution >= 4 is 27.1 Å². The van der Waals surface area contributed by atoms with E-state index in [1.165, 1.54) is 56.1 Å². The number of hydrogen-bond donors (Lipinski definition) is 0. The summed E-state index contributed by atoms with van der Waals surface area (Å²) < 4.78 is 71.6. The molecule has 1 aliphatic rings. The molecule has 12 heteroatoms. The number of fused-ring (bicyclic) bond motifs is 1. The summed E-state index contributed by atoms with van der Waals surface area (Å²) >= 11 is 0. The number of hydrogen-bond acceptors (Lipinski definition) is 5. The minimum atomic E-state index is -4.17. The molecular weight excluding hydrogens is 480 g/mol. The van der Waals surface area contributed by atoms with Crippen molar-refractivity contribution in [3.8, 4) is 0 Å². The molecule has 176 valence electrons. The number of sulfonamides is 1. The molecule has 3 heterocycles. The van der Waals surface area contributed by atoms with Crippen LogP contribution in [0, 0.1) is 11.6 Å². The summed E-state index contributed by atoms with van der Waals surface area (Å²) in [7, 11) is -4.17. The number of aromatic nitrogens is 2. The van der Waals surface area contributed by atoms with Crippen LogP contribution in [-0.4, -0.2) is 41.4 Å². The second-order valence-electron chi connectivity index (χ2n) is 8.91. The van der Waals surface area contributed by atoms with Gasteiger partial charge in [0.05, 0.1) is 28.6 Å². The van der Waals surface area contributed by atoms with E-state index in [0.717, 1.165) is 10.7 Å². The fraction of sp³-hybridized carbons (Fsp3) is 0.364. The molecule has 2 aromatic heterocycles. The maximum atomic E-state index is 15.7. The van der Waals surface area contributed by atoms with Crippen molar-refractivity contribution in [2.75, 3.05) is 11.4 Å². The zero-order chi connectivity index (χ0) is 24.1. The average molecular weight is 502 g/mol. The smallest absolute Gasteiger partial charge is 0.541 e. The van der Waals surface area contributed by atoms with Gasteiger partial charge in [-0.05, 0) is 44.5 Å². The van der Waals surface area contributed by atoms with Crippen LogP contribution in [0.25, 0.3) is 10.2 Å². The van der Waals surface area contributed by atoms with Crippen LogP contribution in [0.4, 0.5) is 18.9 Å². The molecule has 0 unspecified atom stereocenters. The molecule has 0 bridgehead atoms. The second kappa shape index (κ2) is 9.52. The summed E-state index contributed by atoms with van der Waals surface area (Å²) in [5, 5.41) is 3.92. The number of halogens is 3. The van der Waals surface area contributed by atoms with Gasteiger partial charge in [0, 0.05) is 24.7 Å². The number of rotatable bonds is 4. The van der Waals surface area contributed by atoms with Crippen molar-refractivity contribution in [3.63, 3.8) is 0 Å². The number of benzene rings is 1. The Hall–Kier alpha value is -2.08. The third kappa shape index (κ3) is 4.84. The van der Waals surface area contributed by atoms with Crippen molar-refractivity contribution < 1.29 is 55.9 Å². The first-order valence-electron chi connectivity index (χ1n) is 10.2. The first kappa shape index (κ1) is 26.5. The van der Waals surface area contributed by atoms with Crippen LogP contribution in [0.15, 0.2) is 42.7 Å². The number of carbonyl (C=O) groups excluding carboxylic acids is 1. The topological polar surface area (TPSA) is 85.8 Å². The minimum Gasteiger partial charge on any atom is -0.541 e. The first-order valence-corrected chi connectivity index (χ1v) is 11.7. The van der Waals surface area contributed by atoms with Crippen LogP contribution >= 0.6 is 0 Å². The van der Waals surface area contributed by atoms with Gasteiger partial charge in [-0.25, -0.2) is 26.1 Å². The summed E-state index contributed by atoms with van der Waals surface area (Å²) in [6.45, 7) is 4.04. The molecule has 0 aliphatic carbocycles. The van der Waals surface area contributed by atoms with Gasteiger partial charge in [-0.2, -0.15) is 5.10 Å². The Morgan fingerprint density at radius 3 is 2.56 bits per heavy atom. The average Bonchev–Trinajstić information content (AvgIpc) is 3.31. The van der Waals surface area contributed by atoms with Crippen LogP contribution in [-0.2, 0) is 10.0 Å². The normalized spacial score (nSPS) is 18.7. The summed E-state index contributed by atoms with van der Waals surface area (Å²) in [6.07, 6.45) is 1.19. The van der Waals surface area contributed by atoms with Crippen molar-refractivity contribution in [2.24, 2.45) is 0 Å². The van der Waals surface area contributed by atoms with Crippen LogP contribution in [0.2, 0.25) is 0 Å². The van der Waals surface area contributed by atoms with Crippen LogP contribution in [0.1, 0.15) is 49.2 Å². The maximum Gasteiger partial charge on any atom is 1.00 e. The predicted octanol–water partition coefficient (Wildman–Crippen LogP) is 1.55. The third-order valence-corrected chi connectivity index (χ3v) is 7.56. The number of amides is 1. The number of pyridine rings is 1. The monoisotopic (exact) mass is 502 g/mol. The molecular formula is C22H22F3N4NaO3S. The molecule has 1 amide bonds. The first-order chi connectivity index (χ1) is 15.4. The SMILES string of the molecule is CC(C)(C)S(=O)(=O)[N-]C(=O)c1cnn2ccc(N3C[C@@H](F)C[C@@H]3c3cccc(F)c3)c(F)c12.[Na+]. The fourth-order valence-corrected chi connectivity index (χ4v) is 4.37. The van der Waals surface area contributed by atoms with E-state index in [1.54, 1.807) is 6.07 Å². The summed E-state index contributed by atoms with van der Waals surface area (Å²) in [5.74, 6) is -2.52. The van der Waals surface area contributed by atoms with Crippen LogP contribution < -0.4 is 34.5 Å². The Bertz CT molecular complexity index is 1340. The van der Waals surface area contributed by atoms with Crippen molar-refractivity contribution in [1.29, 1.82) is 0 Å². The van der Waals surface area contributed by atoms with Crippen LogP contribution in [0.5, 0.6) is 0 Å². The predicted molar refractivity (Wildman–Crippen MR) is 118 cm³/mol. The minimum absolute atomic E-state index is 0. The van der Waals surface area contributed by atoms with Gasteiger partial charge in [-0.1, -0.05) is 12.1 Å². The summed E-state index contributed by atoms with van der Waals surface area (Å²) in [5.41, 5.74) is -0.123. The van der Waals surface area contributed by atoms with E-state index < -0.39 is 44.5 Å². The molecule has 1 aliphatic heterocycles. The largest absolute Gasteiger partial charge is 1.00 e. The third-order valence-electron chi connectivity index (χ3n) is 5.60. The van der Waals surface area contributed by atoms with Gasteiger partial charge >= 0.3 is 29.6 Å². The number of anilines is 1. The van der Waals surface area contributed by atoms with E-state index in [-0.39, 0.29) is 59.3 Å². The summed E-state index contributed by atoms with van der Waals surface area (Å²) in [4.78, 5) is 14.1. The van der Waals surface area contributed by atoms with Crippen molar-refractivity contribution in [1.82, 2.24) is 9.61 Å². The maximum absolute atomic E-state index is 15.7. The Kier molecular flexibility index (Phi) is 7.43. The zero-order valence-electron chi connectivity index (χ0n) is 19.2. The van der Waals surface area contributed by atoms with Crippen molar-refractivity contribution in [3.05, 3.63) is 70.2 Å². The van der Waals surface area contributed by atoms with Gasteiger partial charge in [-0.15, -0.1) is 0 Å². The molecule has 4 rings (SSSR count). The molecule has 34 heavy (non-hydrogen) atoms. The Labute approximate surface area is 217 Å². The molecule has 1 fully saturated rings. The Morgan fingerprint density at radius 1 is 1.21 bits per heavy atom. The van der Waals surface area contributed by atoms with E-state index in [1.807, 2.05) is 0 Å². The number of carbonyl (C=O) groups is 1. The standard InChI is InChI=1S/C22H23F3N4O3S.Na/c1-22(2,3)33(31,32)27-21(30)16-11-26-29-8-7-17(19(25)20(16)29)28-12-15(24)10-18(28)13-5-4-6-14(23)9-13;/h4-9,11,15,18H,10,12H2,1-3H3,(H,27,30);/q;+1/p-1/t15-,18+;/m0./s1. The van der Waals surface area contributed by atoms with Gasteiger partial charge in [0.15, 0.2) is 5.82 Å². The van der Waals surface area contributed by atoms with Crippen molar-refractivity contribution in [2.45, 2.75) is 44.2 Å². The van der Waals surface area contributed by atoms with Gasteiger partial charge < -0.3 is 14.4 Å². The Morgan fingerprint density at radius 2 is 1.91 bits per heavy atom. The molecule has 1 saturated heterocycles. The zero-order valence-corrected chi connectivity index (χ0v) is 22.0. The van der Waals surface area contributed by atoms with Crippen LogP contribution in [0.3, 0.4) is 0 Å². The van der Waals surface area contributed by atoms with E-state index in [4.69, 9.17) is 0 Å².